The van der Waals surface area contributed by atoms with Crippen LogP contribution in [0.2, 0.25) is 0 Å². The van der Waals surface area contributed by atoms with Crippen LogP contribution in [0.25, 0.3) is 0 Å². The molecule has 7 heteroatoms. The Morgan fingerprint density at radius 1 is 1.37 bits per heavy atom. The van der Waals surface area contributed by atoms with Crippen molar-refractivity contribution in [2.45, 2.75) is 25.7 Å². The molecule has 1 aromatic rings. The second-order valence-corrected chi connectivity index (χ2v) is 4.93. The topological polar surface area (TPSA) is 30.5 Å². The maximum atomic E-state index is 12.3. The molecule has 0 aromatic heterocycles. The second-order valence-electron chi connectivity index (χ2n) is 4.02. The van der Waals surface area contributed by atoms with Gasteiger partial charge in [-0.1, -0.05) is 15.9 Å². The van der Waals surface area contributed by atoms with E-state index in [0.717, 1.165) is 0 Å². The van der Waals surface area contributed by atoms with Gasteiger partial charge >= 0.3 is 6.36 Å². The Bertz CT molecular complexity index is 412. The molecular formula is C12H15BrF3NO2. The molecule has 1 rings (SSSR count). The van der Waals surface area contributed by atoms with Crippen molar-refractivity contribution in [3.8, 4) is 5.75 Å². The maximum Gasteiger partial charge on any atom is 0.573 e. The molecular weight excluding hydrogens is 327 g/mol. The molecule has 0 aliphatic heterocycles. The first-order valence-electron chi connectivity index (χ1n) is 5.62. The summed E-state index contributed by atoms with van der Waals surface area (Å²) in [6, 6.07) is 4.43. The van der Waals surface area contributed by atoms with E-state index >= 15 is 0 Å². The molecule has 1 atom stereocenters. The summed E-state index contributed by atoms with van der Waals surface area (Å²) in [6.07, 6.45) is -4.04. The van der Waals surface area contributed by atoms with Crippen LogP contribution < -0.4 is 10.1 Å². The van der Waals surface area contributed by atoms with Crippen molar-refractivity contribution in [3.63, 3.8) is 0 Å². The Labute approximate surface area is 118 Å². The van der Waals surface area contributed by atoms with Crippen LogP contribution >= 0.6 is 15.9 Å². The highest BCUT2D eigenvalue weighted by Gasteiger charge is 2.32. The van der Waals surface area contributed by atoms with E-state index in [1.54, 1.807) is 13.2 Å². The van der Waals surface area contributed by atoms with E-state index in [0.29, 0.717) is 23.2 Å². The minimum Gasteiger partial charge on any atom is -0.404 e. The van der Waals surface area contributed by atoms with Gasteiger partial charge < -0.3 is 14.8 Å². The number of hydrogen-bond acceptors (Lipinski definition) is 3. The van der Waals surface area contributed by atoms with Gasteiger partial charge in [-0.15, -0.1) is 13.2 Å². The smallest absolute Gasteiger partial charge is 0.404 e. The van der Waals surface area contributed by atoms with Crippen LogP contribution in [-0.4, -0.2) is 26.1 Å². The summed E-state index contributed by atoms with van der Waals surface area (Å²) < 4.78 is 46.4. The number of nitrogens with one attached hydrogen (secondary N) is 1. The molecule has 108 valence electrons. The van der Waals surface area contributed by atoms with E-state index in [1.165, 1.54) is 12.1 Å². The summed E-state index contributed by atoms with van der Waals surface area (Å²) in [5.41, 5.74) is 0.295. The highest BCUT2D eigenvalue weighted by molar-refractivity contribution is 9.10. The molecule has 0 saturated carbocycles. The van der Waals surface area contributed by atoms with E-state index in [1.807, 2.05) is 6.92 Å². The molecule has 1 aromatic carbocycles. The van der Waals surface area contributed by atoms with Gasteiger partial charge in [-0.05, 0) is 31.5 Å². The van der Waals surface area contributed by atoms with E-state index in [2.05, 4.69) is 26.0 Å². The first-order chi connectivity index (χ1) is 8.81. The number of ether oxygens (including phenoxy) is 2. The van der Waals surface area contributed by atoms with Crippen molar-refractivity contribution >= 4 is 21.6 Å². The van der Waals surface area contributed by atoms with E-state index in [-0.39, 0.29) is 11.8 Å². The molecule has 0 radical (unpaired) electrons. The lowest BCUT2D eigenvalue weighted by Gasteiger charge is -2.19. The van der Waals surface area contributed by atoms with Crippen molar-refractivity contribution < 1.29 is 22.6 Å². The maximum absolute atomic E-state index is 12.3. The molecule has 0 bridgehead atoms. The van der Waals surface area contributed by atoms with Crippen molar-refractivity contribution in [2.24, 2.45) is 0 Å². The average molecular weight is 342 g/mol. The third kappa shape index (κ3) is 6.15. The van der Waals surface area contributed by atoms with Gasteiger partial charge in [0.1, 0.15) is 0 Å². The van der Waals surface area contributed by atoms with Crippen molar-refractivity contribution in [3.05, 3.63) is 22.7 Å². The molecule has 1 unspecified atom stereocenters. The molecule has 0 aliphatic carbocycles. The largest absolute Gasteiger partial charge is 0.573 e. The molecule has 0 aliphatic rings. The number of hydrogen-bond donors (Lipinski definition) is 1. The zero-order valence-corrected chi connectivity index (χ0v) is 12.1. The lowest BCUT2D eigenvalue weighted by atomic mass is 10.2. The molecule has 19 heavy (non-hydrogen) atoms. The van der Waals surface area contributed by atoms with Gasteiger partial charge in [-0.25, -0.2) is 0 Å². The average Bonchev–Trinajstić information content (AvgIpc) is 2.28. The summed E-state index contributed by atoms with van der Waals surface area (Å²) in [5, 5.41) is 2.97. The monoisotopic (exact) mass is 341 g/mol. The number of alkyl halides is 3. The van der Waals surface area contributed by atoms with E-state index in [4.69, 9.17) is 4.74 Å². The van der Waals surface area contributed by atoms with Gasteiger partial charge in [0.2, 0.25) is 0 Å². The Hall–Kier alpha value is -0.950. The third-order valence-corrected chi connectivity index (χ3v) is 2.82. The molecule has 0 spiro atoms. The van der Waals surface area contributed by atoms with Crippen molar-refractivity contribution in [1.29, 1.82) is 0 Å². The predicted molar refractivity (Wildman–Crippen MR) is 70.4 cm³/mol. The Balaban J connectivity index is 2.81. The van der Waals surface area contributed by atoms with Gasteiger partial charge in [0, 0.05) is 24.2 Å². The molecule has 0 fully saturated rings. The van der Waals surface area contributed by atoms with Gasteiger partial charge in [-0.3, -0.25) is 0 Å². The first kappa shape index (κ1) is 16.1. The summed E-state index contributed by atoms with van der Waals surface area (Å²) in [5.74, 6) is -0.258. The van der Waals surface area contributed by atoms with Crippen LogP contribution in [0.4, 0.5) is 18.9 Å². The van der Waals surface area contributed by atoms with Crippen molar-refractivity contribution in [1.82, 2.24) is 0 Å². The third-order valence-electron chi connectivity index (χ3n) is 2.33. The minimum atomic E-state index is -4.72. The van der Waals surface area contributed by atoms with Crippen LogP contribution in [-0.2, 0) is 4.74 Å². The fourth-order valence-electron chi connectivity index (χ4n) is 1.46. The van der Waals surface area contributed by atoms with Crippen LogP contribution in [0.5, 0.6) is 5.75 Å². The quantitative estimate of drug-likeness (QED) is 0.841. The molecule has 3 nitrogen and oxygen atoms in total. The number of rotatable bonds is 6. The highest BCUT2D eigenvalue weighted by atomic mass is 79.9. The first-order valence-corrected chi connectivity index (χ1v) is 6.42. The number of methoxy groups -OCH3 is 1. The number of halogens is 4. The molecule has 0 heterocycles. The highest BCUT2D eigenvalue weighted by Crippen LogP contribution is 2.33. The molecule has 0 amide bonds. The van der Waals surface area contributed by atoms with Crippen LogP contribution in [0, 0.1) is 0 Å². The fourth-order valence-corrected chi connectivity index (χ4v) is 1.80. The zero-order chi connectivity index (χ0) is 14.5. The predicted octanol–water partition coefficient (Wildman–Crippen LogP) is 4.18. The number of anilines is 1. The van der Waals surface area contributed by atoms with Crippen LogP contribution in [0.15, 0.2) is 22.7 Å². The Morgan fingerprint density at radius 3 is 2.63 bits per heavy atom. The lowest BCUT2D eigenvalue weighted by Crippen LogP contribution is -2.21. The SMILES string of the molecule is COCCC(C)Nc1ccc(Br)cc1OC(F)(F)F. The standard InChI is InChI=1S/C12H15BrF3NO2/c1-8(5-6-18-2)17-10-4-3-9(13)7-11(10)19-12(14,15)16/h3-4,7-8,17H,5-6H2,1-2H3. The zero-order valence-electron chi connectivity index (χ0n) is 10.6. The minimum absolute atomic E-state index is 0.0308. The van der Waals surface area contributed by atoms with Crippen molar-refractivity contribution in [2.75, 3.05) is 19.0 Å². The normalized spacial score (nSPS) is 13.2. The molecule has 0 saturated heterocycles. The summed E-state index contributed by atoms with van der Waals surface area (Å²) in [6.45, 7) is 2.39. The Kier molecular flexibility index (Phi) is 5.93. The number of benzene rings is 1. The Morgan fingerprint density at radius 2 is 2.05 bits per heavy atom. The lowest BCUT2D eigenvalue weighted by molar-refractivity contribution is -0.274. The summed E-state index contributed by atoms with van der Waals surface area (Å²) >= 11 is 3.12. The van der Waals surface area contributed by atoms with Gasteiger partial charge in [0.15, 0.2) is 5.75 Å². The van der Waals surface area contributed by atoms with Crippen LogP contribution in [0.1, 0.15) is 13.3 Å². The van der Waals surface area contributed by atoms with Gasteiger partial charge in [0.25, 0.3) is 0 Å². The fraction of sp³-hybridized carbons (Fsp3) is 0.500. The van der Waals surface area contributed by atoms with E-state index < -0.39 is 6.36 Å². The summed E-state index contributed by atoms with van der Waals surface area (Å²) in [4.78, 5) is 0. The summed E-state index contributed by atoms with van der Waals surface area (Å²) in [7, 11) is 1.57. The van der Waals surface area contributed by atoms with Gasteiger partial charge in [-0.2, -0.15) is 0 Å². The molecule has 1 N–H and O–H groups in total. The second kappa shape index (κ2) is 7.00. The van der Waals surface area contributed by atoms with E-state index in [9.17, 15) is 13.2 Å². The van der Waals surface area contributed by atoms with Crippen LogP contribution in [0.3, 0.4) is 0 Å². The van der Waals surface area contributed by atoms with Gasteiger partial charge in [0.05, 0.1) is 5.69 Å².